The zero-order valence-corrected chi connectivity index (χ0v) is 17.8. The van der Waals surface area contributed by atoms with Crippen molar-refractivity contribution in [1.29, 1.82) is 0 Å². The molecule has 0 saturated carbocycles. The fourth-order valence-electron chi connectivity index (χ4n) is 3.47. The Bertz CT molecular complexity index is 1200. The first-order chi connectivity index (χ1) is 15.9. The van der Waals surface area contributed by atoms with Gasteiger partial charge < -0.3 is 10.1 Å². The third-order valence-corrected chi connectivity index (χ3v) is 5.30. The van der Waals surface area contributed by atoms with Gasteiger partial charge in [-0.1, -0.05) is 60.7 Å². The molecule has 0 unspecified atom stereocenters. The Morgan fingerprint density at radius 1 is 0.879 bits per heavy atom. The third kappa shape index (κ3) is 4.45. The molecule has 1 saturated heterocycles. The van der Waals surface area contributed by atoms with Crippen LogP contribution in [-0.4, -0.2) is 35.2 Å². The van der Waals surface area contributed by atoms with Crippen LogP contribution in [0.3, 0.4) is 0 Å². The second-order valence-electron chi connectivity index (χ2n) is 7.60. The van der Waals surface area contributed by atoms with Crippen molar-refractivity contribution in [3.8, 4) is 5.75 Å². The van der Waals surface area contributed by atoms with Crippen molar-refractivity contribution >= 4 is 23.6 Å². The predicted molar refractivity (Wildman–Crippen MR) is 119 cm³/mol. The summed E-state index contributed by atoms with van der Waals surface area (Å²) in [5.74, 6) is -1.04. The fourth-order valence-corrected chi connectivity index (χ4v) is 3.47. The van der Waals surface area contributed by atoms with Crippen LogP contribution in [0.4, 0.5) is 4.79 Å². The second-order valence-corrected chi connectivity index (χ2v) is 7.60. The number of carbonyl (C=O) groups excluding carboxylic acids is 4. The van der Waals surface area contributed by atoms with Crippen LogP contribution >= 0.6 is 0 Å². The zero-order chi connectivity index (χ0) is 23.4. The summed E-state index contributed by atoms with van der Waals surface area (Å²) < 4.78 is 5.43. The quantitative estimate of drug-likeness (QED) is 0.432. The molecule has 3 aromatic carbocycles. The molecule has 4 rings (SSSR count). The maximum atomic E-state index is 12.8. The number of hydrogen-bond acceptors (Lipinski definition) is 5. The van der Waals surface area contributed by atoms with E-state index in [0.29, 0.717) is 27.4 Å². The van der Waals surface area contributed by atoms with Crippen molar-refractivity contribution in [2.24, 2.45) is 0 Å². The van der Waals surface area contributed by atoms with Gasteiger partial charge in [0.1, 0.15) is 11.3 Å². The lowest BCUT2D eigenvalue weighted by molar-refractivity contribution is -0.139. The average molecular weight is 443 g/mol. The second kappa shape index (κ2) is 8.96. The van der Waals surface area contributed by atoms with Crippen molar-refractivity contribution in [2.75, 3.05) is 6.61 Å². The van der Waals surface area contributed by atoms with Gasteiger partial charge in [0.05, 0.1) is 0 Å². The van der Waals surface area contributed by atoms with Crippen LogP contribution < -0.4 is 15.5 Å². The molecule has 0 spiro atoms. The molecular weight excluding hydrogens is 422 g/mol. The van der Waals surface area contributed by atoms with Gasteiger partial charge in [-0.25, -0.2) is 4.79 Å². The highest BCUT2D eigenvalue weighted by molar-refractivity contribution is 6.09. The van der Waals surface area contributed by atoms with Crippen molar-refractivity contribution in [2.45, 2.75) is 12.5 Å². The van der Waals surface area contributed by atoms with Gasteiger partial charge in [0.2, 0.25) is 0 Å². The van der Waals surface area contributed by atoms with E-state index < -0.39 is 30.0 Å². The molecule has 4 amide bonds. The third-order valence-electron chi connectivity index (χ3n) is 5.30. The van der Waals surface area contributed by atoms with Crippen LogP contribution in [0.5, 0.6) is 5.75 Å². The monoisotopic (exact) mass is 443 g/mol. The molecule has 0 aromatic heterocycles. The topological polar surface area (TPSA) is 105 Å². The van der Waals surface area contributed by atoms with E-state index in [1.54, 1.807) is 85.8 Å². The first-order valence-electron chi connectivity index (χ1n) is 10.2. The van der Waals surface area contributed by atoms with Crippen molar-refractivity contribution < 1.29 is 23.9 Å². The molecule has 1 aliphatic rings. The number of urea groups is 1. The van der Waals surface area contributed by atoms with Gasteiger partial charge in [0, 0.05) is 11.1 Å². The molecule has 8 heteroatoms. The number of nitrogens with one attached hydrogen (secondary N) is 2. The fraction of sp³-hybridized carbons (Fsp3) is 0.120. The van der Waals surface area contributed by atoms with E-state index in [2.05, 4.69) is 10.7 Å². The van der Waals surface area contributed by atoms with Crippen LogP contribution in [-0.2, 0) is 15.1 Å². The average Bonchev–Trinajstić information content (AvgIpc) is 3.07. The highest BCUT2D eigenvalue weighted by Crippen LogP contribution is 2.27. The standard InChI is InChI=1S/C25H21N3O5/c1-25(19-10-6-3-7-11-19)23(31)28(24(32)26-25)27-21(29)16-33-20-14-12-18(13-15-20)22(30)17-8-4-2-5-9-17/h2-15H,16H2,1H3,(H,26,32)(H,27,29)/t25-/m0/s1. The Morgan fingerprint density at radius 2 is 1.45 bits per heavy atom. The maximum Gasteiger partial charge on any atom is 0.344 e. The van der Waals surface area contributed by atoms with Gasteiger partial charge in [-0.15, -0.1) is 0 Å². The summed E-state index contributed by atoms with van der Waals surface area (Å²) in [5, 5.41) is 3.26. The Balaban J connectivity index is 1.34. The lowest BCUT2D eigenvalue weighted by atomic mass is 9.92. The van der Waals surface area contributed by atoms with Gasteiger partial charge in [0.15, 0.2) is 12.4 Å². The largest absolute Gasteiger partial charge is 0.484 e. The maximum absolute atomic E-state index is 12.8. The first kappa shape index (κ1) is 21.8. The van der Waals surface area contributed by atoms with E-state index in [4.69, 9.17) is 4.74 Å². The smallest absolute Gasteiger partial charge is 0.344 e. The van der Waals surface area contributed by atoms with E-state index in [1.165, 1.54) is 0 Å². The Morgan fingerprint density at radius 3 is 2.09 bits per heavy atom. The number of rotatable bonds is 7. The van der Waals surface area contributed by atoms with Crippen LogP contribution in [0.1, 0.15) is 28.4 Å². The van der Waals surface area contributed by atoms with E-state index in [1.807, 2.05) is 6.07 Å². The van der Waals surface area contributed by atoms with Crippen LogP contribution in [0.25, 0.3) is 0 Å². The summed E-state index contributed by atoms with van der Waals surface area (Å²) in [4.78, 5) is 49.9. The molecular formula is C25H21N3O5. The van der Waals surface area contributed by atoms with E-state index in [9.17, 15) is 19.2 Å². The molecule has 1 aliphatic heterocycles. The van der Waals surface area contributed by atoms with Crippen molar-refractivity contribution in [3.05, 3.63) is 102 Å². The van der Waals surface area contributed by atoms with Crippen LogP contribution in [0.15, 0.2) is 84.9 Å². The SMILES string of the molecule is C[C@@]1(c2ccccc2)NC(=O)N(NC(=O)COc2ccc(C(=O)c3ccccc3)cc2)C1=O. The number of hydrogen-bond donors (Lipinski definition) is 2. The number of ether oxygens (including phenoxy) is 1. The molecule has 1 atom stereocenters. The molecule has 166 valence electrons. The first-order valence-corrected chi connectivity index (χ1v) is 10.2. The van der Waals surface area contributed by atoms with Gasteiger partial charge in [-0.2, -0.15) is 5.01 Å². The molecule has 0 radical (unpaired) electrons. The number of nitrogens with zero attached hydrogens (tertiary/aromatic N) is 1. The molecule has 33 heavy (non-hydrogen) atoms. The van der Waals surface area contributed by atoms with E-state index in [-0.39, 0.29) is 5.78 Å². The zero-order valence-electron chi connectivity index (χ0n) is 17.8. The summed E-state index contributed by atoms with van der Waals surface area (Å²) in [5.41, 5.74) is 2.65. The van der Waals surface area contributed by atoms with Gasteiger partial charge in [-0.05, 0) is 36.8 Å². The Labute approximate surface area is 190 Å². The summed E-state index contributed by atoms with van der Waals surface area (Å²) >= 11 is 0. The minimum Gasteiger partial charge on any atom is -0.484 e. The Hall–Kier alpha value is -4.46. The normalized spacial score (nSPS) is 17.4. The minimum absolute atomic E-state index is 0.125. The molecule has 3 aromatic rings. The molecule has 1 fully saturated rings. The van der Waals surface area contributed by atoms with Gasteiger partial charge in [-0.3, -0.25) is 19.8 Å². The summed E-state index contributed by atoms with van der Waals surface area (Å²) in [6, 6.07) is 23.3. The summed E-state index contributed by atoms with van der Waals surface area (Å²) in [7, 11) is 0. The van der Waals surface area contributed by atoms with Gasteiger partial charge >= 0.3 is 6.03 Å². The molecule has 0 bridgehead atoms. The van der Waals surface area contributed by atoms with Crippen LogP contribution in [0, 0.1) is 0 Å². The minimum atomic E-state index is -1.28. The summed E-state index contributed by atoms with van der Waals surface area (Å²) in [6.07, 6.45) is 0. The number of imide groups is 1. The number of hydrazine groups is 1. The van der Waals surface area contributed by atoms with Crippen molar-refractivity contribution in [1.82, 2.24) is 15.8 Å². The van der Waals surface area contributed by atoms with E-state index in [0.717, 1.165) is 0 Å². The van der Waals surface area contributed by atoms with Gasteiger partial charge in [0.25, 0.3) is 11.8 Å². The van der Waals surface area contributed by atoms with Crippen molar-refractivity contribution in [3.63, 3.8) is 0 Å². The molecule has 2 N–H and O–H groups in total. The number of carbonyl (C=O) groups is 4. The Kier molecular flexibility index (Phi) is 5.91. The highest BCUT2D eigenvalue weighted by atomic mass is 16.5. The van der Waals surface area contributed by atoms with E-state index >= 15 is 0 Å². The number of ketones is 1. The predicted octanol–water partition coefficient (Wildman–Crippen LogP) is 2.79. The number of benzene rings is 3. The van der Waals surface area contributed by atoms with Crippen LogP contribution in [0.2, 0.25) is 0 Å². The molecule has 8 nitrogen and oxygen atoms in total. The molecule has 1 heterocycles. The lowest BCUT2D eigenvalue weighted by Gasteiger charge is -2.22. The molecule has 0 aliphatic carbocycles. The summed E-state index contributed by atoms with van der Waals surface area (Å²) in [6.45, 7) is 1.15. The lowest BCUT2D eigenvalue weighted by Crippen LogP contribution is -2.49. The number of amides is 4. The highest BCUT2D eigenvalue weighted by Gasteiger charge is 2.49.